The average molecular weight is 1080 g/mol. The van der Waals surface area contributed by atoms with Gasteiger partial charge in [0.25, 0.3) is 0 Å². The Morgan fingerprint density at radius 1 is 0.789 bits per heavy atom. The smallest absolute Gasteiger partial charge is 0.247 e. The standard InChI is InChI=1S/C58H73Cl2N9O7/c1-65(2)36-53-62-34-51(67(53)4)40-21-26-46(27-22-40)76-52-32-44(60)25-20-41(52)35-69-50(17-12-28-61)56(72)64-48(37-75-6)58(74)66(3)45(30-39-18-23-43(59)24-19-39)33-54(70)63-47-15-10-11-16-49(47)68(5)57(73)42(31-55(69)71)29-38-13-8-7-9-14-38/h7-9,13-14,18-27,32,34,42,45,47-50H,10-12,15-17,28-31,33,35-37,61H2,1-6H3,(H,63,70)(H,64,72)/t42-,45+,47+,48+,49?,50+/m1/s1. The number of imidazole rings is 1. The van der Waals surface area contributed by atoms with E-state index in [1.807, 2.05) is 94.1 Å². The highest BCUT2D eigenvalue weighted by Crippen LogP contribution is 2.34. The third kappa shape index (κ3) is 15.0. The molecule has 1 unspecified atom stereocenters. The number of aromatic nitrogens is 2. The van der Waals surface area contributed by atoms with E-state index < -0.39 is 41.8 Å². The molecule has 5 amide bonds. The molecule has 2 heterocycles. The van der Waals surface area contributed by atoms with E-state index in [0.29, 0.717) is 59.3 Å². The quantitative estimate of drug-likeness (QED) is 0.0899. The van der Waals surface area contributed by atoms with Gasteiger partial charge in [-0.25, -0.2) is 4.98 Å². The van der Waals surface area contributed by atoms with Crippen molar-refractivity contribution in [2.24, 2.45) is 18.7 Å². The van der Waals surface area contributed by atoms with Gasteiger partial charge in [0.2, 0.25) is 29.5 Å². The van der Waals surface area contributed by atoms with E-state index in [1.54, 1.807) is 49.3 Å². The zero-order valence-electron chi connectivity index (χ0n) is 44.6. The van der Waals surface area contributed by atoms with Gasteiger partial charge in [-0.3, -0.25) is 24.0 Å². The molecule has 0 radical (unpaired) electrons. The van der Waals surface area contributed by atoms with Gasteiger partial charge in [-0.05, 0) is 119 Å². The fourth-order valence-electron chi connectivity index (χ4n) is 10.4. The lowest BCUT2D eigenvalue weighted by Crippen LogP contribution is -2.59. The second kappa shape index (κ2) is 27.1. The number of carbonyl (C=O) groups excluding carboxylic acids is 5. The number of nitrogens with zero attached hydrogens (tertiary/aromatic N) is 6. The lowest BCUT2D eigenvalue weighted by Gasteiger charge is -2.40. The van der Waals surface area contributed by atoms with E-state index >= 15 is 14.4 Å². The highest BCUT2D eigenvalue weighted by atomic mass is 35.5. The van der Waals surface area contributed by atoms with Crippen LogP contribution >= 0.6 is 23.2 Å². The van der Waals surface area contributed by atoms with E-state index in [2.05, 4.69) is 25.1 Å². The van der Waals surface area contributed by atoms with Crippen LogP contribution in [0, 0.1) is 5.92 Å². The van der Waals surface area contributed by atoms with Crippen molar-refractivity contribution in [2.75, 3.05) is 48.5 Å². The minimum atomic E-state index is -1.22. The molecule has 1 aliphatic heterocycles. The van der Waals surface area contributed by atoms with E-state index in [1.165, 1.54) is 16.9 Å². The Labute approximate surface area is 457 Å². The Morgan fingerprint density at radius 2 is 1.49 bits per heavy atom. The summed E-state index contributed by atoms with van der Waals surface area (Å²) in [5, 5.41) is 7.15. The Bertz CT molecular complexity index is 2760. The molecular weight excluding hydrogens is 1010 g/mol. The van der Waals surface area contributed by atoms with Crippen LogP contribution in [0.2, 0.25) is 10.0 Å². The predicted octanol–water partition coefficient (Wildman–Crippen LogP) is 7.42. The highest BCUT2D eigenvalue weighted by molar-refractivity contribution is 6.31. The van der Waals surface area contributed by atoms with Crippen molar-refractivity contribution >= 4 is 52.7 Å². The van der Waals surface area contributed by atoms with Crippen LogP contribution in [0.5, 0.6) is 11.5 Å². The molecule has 4 aromatic carbocycles. The maximum absolute atomic E-state index is 15.6. The summed E-state index contributed by atoms with van der Waals surface area (Å²) >= 11 is 12.9. The summed E-state index contributed by atoms with van der Waals surface area (Å²) < 4.78 is 14.2. The van der Waals surface area contributed by atoms with Crippen LogP contribution in [0.1, 0.15) is 73.9 Å². The number of rotatable bonds is 16. The Balaban J connectivity index is 1.30. The second-order valence-electron chi connectivity index (χ2n) is 20.4. The number of halogens is 2. The summed E-state index contributed by atoms with van der Waals surface area (Å²) in [6.07, 6.45) is 5.49. The van der Waals surface area contributed by atoms with E-state index in [-0.39, 0.29) is 69.3 Å². The molecule has 76 heavy (non-hydrogen) atoms. The summed E-state index contributed by atoms with van der Waals surface area (Å²) in [5.41, 5.74) is 10.3. The SMILES string of the molecule is COC[C@@H]1NC(=O)[C@H](CCCN)N(Cc2ccc(Cl)cc2Oc2ccc(-c3cnc(CN(C)C)n3C)cc2)C(=O)C[C@@H](Cc2ccccc2)C(=O)N(C)C2CCCC[C@@H]2NC(=O)C[C@H](Cc2ccc(Cl)cc2)N(C)C1=O. The van der Waals surface area contributed by atoms with E-state index in [4.69, 9.17) is 38.4 Å². The maximum atomic E-state index is 15.6. The lowest BCUT2D eigenvalue weighted by atomic mass is 9.87. The molecule has 2 fully saturated rings. The van der Waals surface area contributed by atoms with Crippen LogP contribution in [0.15, 0.2) is 103 Å². The summed E-state index contributed by atoms with van der Waals surface area (Å²) in [5.74, 6) is -1.21. The third-order valence-corrected chi connectivity index (χ3v) is 15.1. The number of methoxy groups -OCH3 is 1. The molecule has 4 N–H and O–H groups in total. The van der Waals surface area contributed by atoms with Gasteiger partial charge in [-0.15, -0.1) is 0 Å². The average Bonchev–Trinajstić information content (AvgIpc) is 3.76. The molecule has 2 aliphatic rings. The Kier molecular flexibility index (Phi) is 20.5. The van der Waals surface area contributed by atoms with Gasteiger partial charge in [-0.1, -0.05) is 84.6 Å². The van der Waals surface area contributed by atoms with Crippen molar-refractivity contribution in [2.45, 2.75) is 108 Å². The number of benzene rings is 4. The first-order valence-electron chi connectivity index (χ1n) is 26.1. The molecule has 1 saturated heterocycles. The molecule has 5 aromatic rings. The van der Waals surface area contributed by atoms with E-state index in [9.17, 15) is 9.59 Å². The van der Waals surface area contributed by atoms with Crippen molar-refractivity contribution in [1.82, 2.24) is 39.8 Å². The number of hydrogen-bond acceptors (Lipinski definition) is 10. The number of hydrogen-bond donors (Lipinski definition) is 3. The number of likely N-dealkylation sites (N-methyl/N-ethyl adjacent to an activating group) is 2. The van der Waals surface area contributed by atoms with Crippen LogP contribution in [0.4, 0.5) is 0 Å². The number of nitrogens with one attached hydrogen (secondary N) is 2. The first kappa shape index (κ1) is 57.4. The minimum absolute atomic E-state index is 0.0602. The van der Waals surface area contributed by atoms with Crippen molar-refractivity contribution < 1.29 is 33.4 Å². The van der Waals surface area contributed by atoms with Gasteiger partial charge >= 0.3 is 0 Å². The van der Waals surface area contributed by atoms with E-state index in [0.717, 1.165) is 41.1 Å². The van der Waals surface area contributed by atoms with Gasteiger partial charge in [0.15, 0.2) is 0 Å². The van der Waals surface area contributed by atoms with Crippen molar-refractivity contribution in [3.05, 3.63) is 136 Å². The number of fused-ring (bicyclic) bond motifs is 1. The van der Waals surface area contributed by atoms with Gasteiger partial charge in [0, 0.05) is 74.4 Å². The van der Waals surface area contributed by atoms with Gasteiger partial charge in [0.1, 0.15) is 29.4 Å². The molecule has 406 valence electrons. The van der Waals surface area contributed by atoms with Crippen LogP contribution in [-0.4, -0.2) is 137 Å². The van der Waals surface area contributed by atoms with Crippen LogP contribution in [0.3, 0.4) is 0 Å². The molecular formula is C58H73Cl2N9O7. The minimum Gasteiger partial charge on any atom is -0.457 e. The molecule has 1 saturated carbocycles. The van der Waals surface area contributed by atoms with Crippen LogP contribution in [0.25, 0.3) is 11.3 Å². The fourth-order valence-corrected chi connectivity index (χ4v) is 10.7. The number of carbonyl (C=O) groups is 5. The highest BCUT2D eigenvalue weighted by Gasteiger charge is 2.40. The molecule has 1 aromatic heterocycles. The van der Waals surface area contributed by atoms with Crippen molar-refractivity contribution in [3.8, 4) is 22.8 Å². The molecule has 1 aliphatic carbocycles. The Hall–Kier alpha value is -6.30. The van der Waals surface area contributed by atoms with Crippen molar-refractivity contribution in [1.29, 1.82) is 0 Å². The van der Waals surface area contributed by atoms with Crippen LogP contribution < -0.4 is 21.1 Å². The first-order chi connectivity index (χ1) is 36.5. The molecule has 18 heteroatoms. The van der Waals surface area contributed by atoms with Crippen LogP contribution in [-0.2, 0) is 61.7 Å². The number of ether oxygens (including phenoxy) is 2. The van der Waals surface area contributed by atoms with Gasteiger partial charge in [0.05, 0.1) is 43.5 Å². The summed E-state index contributed by atoms with van der Waals surface area (Å²) in [4.78, 5) is 86.4. The first-order valence-corrected chi connectivity index (χ1v) is 26.9. The molecule has 0 bridgehead atoms. The number of amides is 5. The summed E-state index contributed by atoms with van der Waals surface area (Å²) in [7, 11) is 10.8. The zero-order chi connectivity index (χ0) is 54.5. The summed E-state index contributed by atoms with van der Waals surface area (Å²) in [6, 6.07) is 25.6. The molecule has 6 atom stereocenters. The number of nitrogens with two attached hydrogens (primary N) is 1. The molecule has 16 nitrogen and oxygen atoms in total. The monoisotopic (exact) mass is 1080 g/mol. The van der Waals surface area contributed by atoms with Gasteiger partial charge in [-0.2, -0.15) is 0 Å². The van der Waals surface area contributed by atoms with Gasteiger partial charge < -0.3 is 50.0 Å². The summed E-state index contributed by atoms with van der Waals surface area (Å²) in [6.45, 7) is 0.539. The predicted molar refractivity (Wildman–Crippen MR) is 296 cm³/mol. The normalized spacial score (nSPS) is 21.5. The van der Waals surface area contributed by atoms with Crippen molar-refractivity contribution in [3.63, 3.8) is 0 Å². The Morgan fingerprint density at radius 3 is 2.18 bits per heavy atom. The third-order valence-electron chi connectivity index (χ3n) is 14.6. The molecule has 0 spiro atoms. The zero-order valence-corrected chi connectivity index (χ0v) is 46.1. The topological polar surface area (TPSA) is 185 Å². The molecule has 7 rings (SSSR count). The largest absolute Gasteiger partial charge is 0.457 e. The lowest BCUT2D eigenvalue weighted by molar-refractivity contribution is -0.148. The fraction of sp³-hybridized carbons (Fsp3) is 0.448. The maximum Gasteiger partial charge on any atom is 0.247 e. The second-order valence-corrected chi connectivity index (χ2v) is 21.3.